The van der Waals surface area contributed by atoms with Crippen LogP contribution in [0.15, 0.2) is 41.4 Å². The van der Waals surface area contributed by atoms with E-state index in [0.29, 0.717) is 16.9 Å². The third kappa shape index (κ3) is 2.94. The zero-order valence-electron chi connectivity index (χ0n) is 11.3. The molecule has 2 unspecified atom stereocenters. The van der Waals surface area contributed by atoms with Gasteiger partial charge in [0, 0.05) is 23.5 Å². The highest BCUT2D eigenvalue weighted by Crippen LogP contribution is 2.32. The number of rotatable bonds is 3. The number of nitrogens with two attached hydrogens (primary N) is 1. The maximum Gasteiger partial charge on any atom is 0.162 e. The van der Waals surface area contributed by atoms with Crippen molar-refractivity contribution in [3.8, 4) is 11.4 Å². The number of anilines is 1. The van der Waals surface area contributed by atoms with E-state index in [1.54, 1.807) is 11.8 Å². The van der Waals surface area contributed by atoms with Gasteiger partial charge in [-0.1, -0.05) is 30.3 Å². The summed E-state index contributed by atoms with van der Waals surface area (Å²) in [6.07, 6.45) is 1.31. The number of thioether (sulfide) groups is 1. The van der Waals surface area contributed by atoms with Crippen LogP contribution in [-0.4, -0.2) is 27.9 Å². The van der Waals surface area contributed by atoms with Crippen LogP contribution in [0.2, 0.25) is 0 Å². The van der Waals surface area contributed by atoms with Crippen LogP contribution in [0.5, 0.6) is 0 Å². The summed E-state index contributed by atoms with van der Waals surface area (Å²) in [5.74, 6) is 1.19. The minimum Gasteiger partial charge on any atom is -0.384 e. The normalized spacial score (nSPS) is 22.1. The lowest BCUT2D eigenvalue weighted by Gasteiger charge is -2.13. The van der Waals surface area contributed by atoms with Gasteiger partial charge in [0.05, 0.1) is 6.10 Å². The Kier molecular flexibility index (Phi) is 3.89. The molecule has 1 aromatic carbocycles. The second-order valence-corrected chi connectivity index (χ2v) is 6.10. The van der Waals surface area contributed by atoms with Crippen LogP contribution in [0.3, 0.4) is 0 Å². The molecule has 1 saturated heterocycles. The lowest BCUT2D eigenvalue weighted by Crippen LogP contribution is -2.13. The number of aromatic nitrogens is 2. The van der Waals surface area contributed by atoms with Crippen molar-refractivity contribution in [2.24, 2.45) is 0 Å². The fourth-order valence-corrected chi connectivity index (χ4v) is 3.36. The number of ether oxygens (including phenoxy) is 1. The van der Waals surface area contributed by atoms with Crippen molar-refractivity contribution in [1.29, 1.82) is 0 Å². The van der Waals surface area contributed by atoms with E-state index in [0.717, 1.165) is 23.6 Å². The molecule has 0 spiro atoms. The monoisotopic (exact) mass is 287 g/mol. The van der Waals surface area contributed by atoms with Crippen molar-refractivity contribution in [2.45, 2.75) is 29.7 Å². The summed E-state index contributed by atoms with van der Waals surface area (Å²) in [5.41, 5.74) is 6.89. The Balaban J connectivity index is 1.87. The quantitative estimate of drug-likeness (QED) is 0.879. The summed E-state index contributed by atoms with van der Waals surface area (Å²) in [6, 6.07) is 11.7. The minimum absolute atomic E-state index is 0.261. The lowest BCUT2D eigenvalue weighted by molar-refractivity contribution is 0.127. The van der Waals surface area contributed by atoms with Crippen LogP contribution in [0.1, 0.15) is 13.3 Å². The highest BCUT2D eigenvalue weighted by atomic mass is 32.2. The largest absolute Gasteiger partial charge is 0.384 e. The van der Waals surface area contributed by atoms with Gasteiger partial charge in [-0.3, -0.25) is 0 Å². The molecule has 5 heteroatoms. The molecule has 2 N–H and O–H groups in total. The molecular formula is C15H17N3OS. The van der Waals surface area contributed by atoms with E-state index in [1.807, 2.05) is 36.4 Å². The SMILES string of the molecule is CC1OCCC1Sc1cc(N)nc(-c2ccccc2)n1. The Hall–Kier alpha value is -1.59. The molecular weight excluding hydrogens is 270 g/mol. The van der Waals surface area contributed by atoms with Gasteiger partial charge in [0.25, 0.3) is 0 Å². The molecule has 0 amide bonds. The van der Waals surface area contributed by atoms with Crippen LogP contribution in [0.25, 0.3) is 11.4 Å². The van der Waals surface area contributed by atoms with Crippen molar-refractivity contribution in [2.75, 3.05) is 12.3 Å². The molecule has 2 heterocycles. The molecule has 0 bridgehead atoms. The molecule has 1 aliphatic heterocycles. The molecule has 104 valence electrons. The predicted octanol–water partition coefficient (Wildman–Crippen LogP) is 3.00. The Morgan fingerprint density at radius 1 is 1.25 bits per heavy atom. The first kappa shape index (κ1) is 13.4. The topological polar surface area (TPSA) is 61.0 Å². The zero-order valence-corrected chi connectivity index (χ0v) is 12.1. The van der Waals surface area contributed by atoms with Crippen molar-refractivity contribution in [3.05, 3.63) is 36.4 Å². The molecule has 1 fully saturated rings. The maximum absolute atomic E-state index is 5.91. The van der Waals surface area contributed by atoms with Gasteiger partial charge in [0.2, 0.25) is 0 Å². The van der Waals surface area contributed by atoms with E-state index in [1.165, 1.54) is 0 Å². The molecule has 0 aliphatic carbocycles. The van der Waals surface area contributed by atoms with Crippen LogP contribution >= 0.6 is 11.8 Å². The molecule has 3 rings (SSSR count). The van der Waals surface area contributed by atoms with Gasteiger partial charge < -0.3 is 10.5 Å². The summed E-state index contributed by atoms with van der Waals surface area (Å²) < 4.78 is 5.59. The first-order valence-corrected chi connectivity index (χ1v) is 7.58. The Labute approximate surface area is 122 Å². The van der Waals surface area contributed by atoms with E-state index in [4.69, 9.17) is 10.5 Å². The smallest absolute Gasteiger partial charge is 0.162 e. The molecule has 1 aromatic heterocycles. The summed E-state index contributed by atoms with van der Waals surface area (Å²) in [6.45, 7) is 2.93. The van der Waals surface area contributed by atoms with Crippen LogP contribution in [0, 0.1) is 0 Å². The van der Waals surface area contributed by atoms with Gasteiger partial charge in [0.15, 0.2) is 5.82 Å². The molecule has 1 aliphatic rings. The standard InChI is InChI=1S/C15H17N3OS/c1-10-12(7-8-19-10)20-14-9-13(16)17-15(18-14)11-5-3-2-4-6-11/h2-6,9-10,12H,7-8H2,1H3,(H2,16,17,18). The number of hydrogen-bond donors (Lipinski definition) is 1. The summed E-state index contributed by atoms with van der Waals surface area (Å²) in [5, 5.41) is 1.35. The van der Waals surface area contributed by atoms with Crippen LogP contribution in [-0.2, 0) is 4.74 Å². The second-order valence-electron chi connectivity index (χ2n) is 4.84. The predicted molar refractivity (Wildman–Crippen MR) is 81.6 cm³/mol. The fourth-order valence-electron chi connectivity index (χ4n) is 2.24. The van der Waals surface area contributed by atoms with E-state index in [-0.39, 0.29) is 6.10 Å². The highest BCUT2D eigenvalue weighted by Gasteiger charge is 2.25. The first-order valence-electron chi connectivity index (χ1n) is 6.70. The Bertz CT molecular complexity index is 591. The van der Waals surface area contributed by atoms with Gasteiger partial charge in [-0.15, -0.1) is 11.8 Å². The van der Waals surface area contributed by atoms with Crippen molar-refractivity contribution < 1.29 is 4.74 Å². The first-order chi connectivity index (χ1) is 9.72. The zero-order chi connectivity index (χ0) is 13.9. The summed E-state index contributed by atoms with van der Waals surface area (Å²) >= 11 is 1.73. The molecule has 4 nitrogen and oxygen atoms in total. The maximum atomic E-state index is 5.91. The van der Waals surface area contributed by atoms with Crippen molar-refractivity contribution in [1.82, 2.24) is 9.97 Å². The third-order valence-corrected chi connectivity index (χ3v) is 4.71. The number of hydrogen-bond acceptors (Lipinski definition) is 5. The fraction of sp³-hybridized carbons (Fsp3) is 0.333. The highest BCUT2D eigenvalue weighted by molar-refractivity contribution is 7.99. The van der Waals surface area contributed by atoms with Crippen LogP contribution in [0.4, 0.5) is 5.82 Å². The van der Waals surface area contributed by atoms with Gasteiger partial charge >= 0.3 is 0 Å². The Morgan fingerprint density at radius 2 is 2.05 bits per heavy atom. The van der Waals surface area contributed by atoms with Gasteiger partial charge in [-0.2, -0.15) is 0 Å². The van der Waals surface area contributed by atoms with Gasteiger partial charge in [0.1, 0.15) is 10.8 Å². The van der Waals surface area contributed by atoms with E-state index in [9.17, 15) is 0 Å². The molecule has 0 saturated carbocycles. The number of benzene rings is 1. The van der Waals surface area contributed by atoms with E-state index < -0.39 is 0 Å². The number of nitrogen functional groups attached to an aromatic ring is 1. The van der Waals surface area contributed by atoms with Crippen LogP contribution < -0.4 is 5.73 Å². The van der Waals surface area contributed by atoms with Crippen molar-refractivity contribution in [3.63, 3.8) is 0 Å². The summed E-state index contributed by atoms with van der Waals surface area (Å²) in [4.78, 5) is 8.94. The molecule has 2 aromatic rings. The molecule has 20 heavy (non-hydrogen) atoms. The lowest BCUT2D eigenvalue weighted by atomic mass is 10.2. The number of nitrogens with zero attached hydrogens (tertiary/aromatic N) is 2. The second kappa shape index (κ2) is 5.81. The van der Waals surface area contributed by atoms with Crippen molar-refractivity contribution >= 4 is 17.6 Å². The average Bonchev–Trinajstić information content (AvgIpc) is 2.85. The molecule has 2 atom stereocenters. The third-order valence-electron chi connectivity index (χ3n) is 3.33. The average molecular weight is 287 g/mol. The van der Waals surface area contributed by atoms with E-state index >= 15 is 0 Å². The van der Waals surface area contributed by atoms with E-state index in [2.05, 4.69) is 16.9 Å². The molecule has 0 radical (unpaired) electrons. The minimum atomic E-state index is 0.261. The Morgan fingerprint density at radius 3 is 2.75 bits per heavy atom. The van der Waals surface area contributed by atoms with Gasteiger partial charge in [-0.05, 0) is 13.3 Å². The van der Waals surface area contributed by atoms with Gasteiger partial charge in [-0.25, -0.2) is 9.97 Å². The summed E-state index contributed by atoms with van der Waals surface area (Å²) in [7, 11) is 0.